The highest BCUT2D eigenvalue weighted by atomic mass is 16.5. The second-order valence-corrected chi connectivity index (χ2v) is 5.02. The minimum Gasteiger partial charge on any atom is -0.397 e. The summed E-state index contributed by atoms with van der Waals surface area (Å²) >= 11 is 0. The second-order valence-electron chi connectivity index (χ2n) is 5.02. The second kappa shape index (κ2) is 6.06. The molecule has 0 aliphatic carbocycles. The normalized spacial score (nSPS) is 22.4. The van der Waals surface area contributed by atoms with Crippen molar-refractivity contribution in [1.29, 1.82) is 0 Å². The fraction of sp³-hybridized carbons (Fsp3) is 0.533. The third kappa shape index (κ3) is 2.89. The van der Waals surface area contributed by atoms with E-state index in [1.54, 1.807) is 0 Å². The van der Waals surface area contributed by atoms with E-state index in [0.29, 0.717) is 18.8 Å². The van der Waals surface area contributed by atoms with Crippen molar-refractivity contribution in [2.24, 2.45) is 5.92 Å². The van der Waals surface area contributed by atoms with Crippen LogP contribution in [0.3, 0.4) is 0 Å². The summed E-state index contributed by atoms with van der Waals surface area (Å²) in [6.45, 7) is 5.39. The van der Waals surface area contributed by atoms with Gasteiger partial charge in [-0.1, -0.05) is 19.1 Å². The fourth-order valence-corrected chi connectivity index (χ4v) is 2.56. The number of carbonyl (C=O) groups is 1. The van der Waals surface area contributed by atoms with Crippen LogP contribution in [0, 0.1) is 5.92 Å². The summed E-state index contributed by atoms with van der Waals surface area (Å²) in [5.41, 5.74) is 7.46. The van der Waals surface area contributed by atoms with Crippen molar-refractivity contribution in [3.63, 3.8) is 0 Å². The van der Waals surface area contributed by atoms with Crippen LogP contribution >= 0.6 is 0 Å². The topological polar surface area (TPSA) is 55.6 Å². The molecule has 1 fully saturated rings. The first-order chi connectivity index (χ1) is 9.15. The summed E-state index contributed by atoms with van der Waals surface area (Å²) in [5.74, 6) is 0.0795. The minimum absolute atomic E-state index is 0.00297. The Morgan fingerprint density at radius 2 is 2.21 bits per heavy atom. The maximum Gasteiger partial charge on any atom is 0.232 e. The van der Waals surface area contributed by atoms with E-state index in [4.69, 9.17) is 10.5 Å². The summed E-state index contributed by atoms with van der Waals surface area (Å²) in [6, 6.07) is 7.54. The zero-order chi connectivity index (χ0) is 13.8. The van der Waals surface area contributed by atoms with Gasteiger partial charge in [-0.3, -0.25) is 4.79 Å². The highest BCUT2D eigenvalue weighted by Crippen LogP contribution is 2.29. The Balaban J connectivity index is 2.25. The van der Waals surface area contributed by atoms with Crippen LogP contribution in [0.2, 0.25) is 0 Å². The molecule has 0 spiro atoms. The lowest BCUT2D eigenvalue weighted by atomic mass is 10.0. The van der Waals surface area contributed by atoms with E-state index in [2.05, 4.69) is 6.92 Å². The van der Waals surface area contributed by atoms with Crippen molar-refractivity contribution in [3.05, 3.63) is 24.3 Å². The van der Waals surface area contributed by atoms with E-state index in [0.717, 1.165) is 18.5 Å². The Morgan fingerprint density at radius 3 is 2.79 bits per heavy atom. The van der Waals surface area contributed by atoms with Gasteiger partial charge in [0.25, 0.3) is 0 Å². The number of hydrogen-bond acceptors (Lipinski definition) is 3. The Morgan fingerprint density at radius 1 is 1.47 bits per heavy atom. The molecule has 0 aromatic heterocycles. The number of rotatable bonds is 4. The summed E-state index contributed by atoms with van der Waals surface area (Å²) < 4.78 is 5.50. The molecular formula is C15H22N2O2. The molecule has 1 heterocycles. The van der Waals surface area contributed by atoms with Gasteiger partial charge in [0, 0.05) is 13.2 Å². The molecule has 2 rings (SSSR count). The molecule has 0 saturated carbocycles. The molecule has 1 saturated heterocycles. The Kier molecular flexibility index (Phi) is 4.43. The lowest BCUT2D eigenvalue weighted by Gasteiger charge is -2.27. The van der Waals surface area contributed by atoms with Crippen molar-refractivity contribution >= 4 is 17.3 Å². The molecule has 2 N–H and O–H groups in total. The van der Waals surface area contributed by atoms with Crippen LogP contribution < -0.4 is 10.6 Å². The monoisotopic (exact) mass is 262 g/mol. The minimum atomic E-state index is -0.0499. The van der Waals surface area contributed by atoms with Gasteiger partial charge in [0.1, 0.15) is 0 Å². The van der Waals surface area contributed by atoms with Gasteiger partial charge in [0.2, 0.25) is 5.91 Å². The summed E-state index contributed by atoms with van der Waals surface area (Å²) in [7, 11) is 0. The Labute approximate surface area is 114 Å². The molecule has 1 aromatic rings. The number of carbonyl (C=O) groups excluding carboxylic acids is 1. The molecule has 1 aromatic carbocycles. The number of anilines is 2. The number of nitrogens with zero attached hydrogens (tertiary/aromatic N) is 1. The lowest BCUT2D eigenvalue weighted by molar-refractivity contribution is -0.123. The first kappa shape index (κ1) is 13.9. The van der Waals surface area contributed by atoms with Crippen molar-refractivity contribution in [2.75, 3.05) is 23.8 Å². The molecule has 1 amide bonds. The Bertz CT molecular complexity index is 448. The number of benzene rings is 1. The van der Waals surface area contributed by atoms with Gasteiger partial charge in [-0.15, -0.1) is 0 Å². The third-order valence-corrected chi connectivity index (χ3v) is 3.63. The van der Waals surface area contributed by atoms with E-state index in [-0.39, 0.29) is 17.9 Å². The molecule has 2 atom stereocenters. The van der Waals surface area contributed by atoms with Crippen LogP contribution in [0.25, 0.3) is 0 Å². The first-order valence-electron chi connectivity index (χ1n) is 6.92. The highest BCUT2D eigenvalue weighted by Gasteiger charge is 2.34. The molecule has 104 valence electrons. The van der Waals surface area contributed by atoms with Crippen molar-refractivity contribution < 1.29 is 9.53 Å². The van der Waals surface area contributed by atoms with Crippen molar-refractivity contribution in [3.8, 4) is 0 Å². The molecule has 0 radical (unpaired) electrons. The summed E-state index contributed by atoms with van der Waals surface area (Å²) in [5, 5.41) is 0. The van der Waals surface area contributed by atoms with Gasteiger partial charge in [-0.2, -0.15) is 0 Å². The lowest BCUT2D eigenvalue weighted by Crippen LogP contribution is -2.39. The molecule has 4 heteroatoms. The van der Waals surface area contributed by atoms with E-state index in [9.17, 15) is 4.79 Å². The maximum absolute atomic E-state index is 12.7. The van der Waals surface area contributed by atoms with Crippen LogP contribution in [0.4, 0.5) is 11.4 Å². The Hall–Kier alpha value is -1.55. The van der Waals surface area contributed by atoms with Crippen LogP contribution in [-0.2, 0) is 9.53 Å². The molecule has 2 unspecified atom stereocenters. The van der Waals surface area contributed by atoms with E-state index in [1.807, 2.05) is 36.1 Å². The number of para-hydroxylation sites is 2. The highest BCUT2D eigenvalue weighted by molar-refractivity contribution is 5.98. The fourth-order valence-electron chi connectivity index (χ4n) is 2.56. The average Bonchev–Trinajstić information content (AvgIpc) is 2.82. The smallest absolute Gasteiger partial charge is 0.232 e. The number of amides is 1. The third-order valence-electron chi connectivity index (χ3n) is 3.63. The van der Waals surface area contributed by atoms with Gasteiger partial charge in [0.15, 0.2) is 0 Å². The number of hydrogen-bond donors (Lipinski definition) is 1. The summed E-state index contributed by atoms with van der Waals surface area (Å²) in [4.78, 5) is 14.5. The largest absolute Gasteiger partial charge is 0.397 e. The van der Waals surface area contributed by atoms with Gasteiger partial charge in [0.05, 0.1) is 23.4 Å². The number of nitrogen functional groups attached to an aromatic ring is 1. The van der Waals surface area contributed by atoms with Crippen LogP contribution in [0.1, 0.15) is 26.7 Å². The molecular weight excluding hydrogens is 240 g/mol. The van der Waals surface area contributed by atoms with E-state index < -0.39 is 0 Å². The molecule has 0 bridgehead atoms. The van der Waals surface area contributed by atoms with Gasteiger partial charge in [-0.25, -0.2) is 0 Å². The molecule has 19 heavy (non-hydrogen) atoms. The van der Waals surface area contributed by atoms with E-state index >= 15 is 0 Å². The SMILES string of the molecule is CCCN(C(=O)C1CCOC1C)c1ccccc1N. The molecule has 1 aliphatic heterocycles. The van der Waals surface area contributed by atoms with Crippen molar-refractivity contribution in [1.82, 2.24) is 0 Å². The summed E-state index contributed by atoms with van der Waals surface area (Å²) in [6.07, 6.45) is 1.70. The zero-order valence-electron chi connectivity index (χ0n) is 11.6. The van der Waals surface area contributed by atoms with Gasteiger partial charge in [-0.05, 0) is 31.9 Å². The molecule has 1 aliphatic rings. The number of nitrogens with two attached hydrogens (primary N) is 1. The predicted octanol–water partition coefficient (Wildman–Crippen LogP) is 2.44. The maximum atomic E-state index is 12.7. The predicted molar refractivity (Wildman–Crippen MR) is 77.0 cm³/mol. The standard InChI is InChI=1S/C15H22N2O2/c1-3-9-17(14-7-5-4-6-13(14)16)15(18)12-8-10-19-11(12)2/h4-7,11-12H,3,8-10,16H2,1-2H3. The van der Waals surface area contributed by atoms with Gasteiger partial charge < -0.3 is 15.4 Å². The van der Waals surface area contributed by atoms with Crippen LogP contribution in [-0.4, -0.2) is 25.2 Å². The molecule has 4 nitrogen and oxygen atoms in total. The van der Waals surface area contributed by atoms with E-state index in [1.165, 1.54) is 0 Å². The number of ether oxygens (including phenoxy) is 1. The van der Waals surface area contributed by atoms with Crippen LogP contribution in [0.15, 0.2) is 24.3 Å². The van der Waals surface area contributed by atoms with Crippen molar-refractivity contribution in [2.45, 2.75) is 32.8 Å². The first-order valence-corrected chi connectivity index (χ1v) is 6.92. The van der Waals surface area contributed by atoms with Gasteiger partial charge >= 0.3 is 0 Å². The van der Waals surface area contributed by atoms with Crippen LogP contribution in [0.5, 0.6) is 0 Å². The quantitative estimate of drug-likeness (QED) is 0.848. The average molecular weight is 262 g/mol. The zero-order valence-corrected chi connectivity index (χ0v) is 11.6.